The molecule has 0 unspecified atom stereocenters. The highest BCUT2D eigenvalue weighted by atomic mass is 16.7. The van der Waals surface area contributed by atoms with E-state index in [4.69, 9.17) is 9.36 Å². The molecule has 1 saturated carbocycles. The van der Waals surface area contributed by atoms with Gasteiger partial charge in [-0.2, -0.15) is 4.98 Å². The second-order valence-electron chi connectivity index (χ2n) is 4.01. The van der Waals surface area contributed by atoms with Crippen molar-refractivity contribution >= 4 is 5.82 Å². The van der Waals surface area contributed by atoms with Crippen LogP contribution in [0.2, 0.25) is 0 Å². The Morgan fingerprint density at radius 1 is 1.53 bits per heavy atom. The van der Waals surface area contributed by atoms with Gasteiger partial charge in [0.1, 0.15) is 6.33 Å². The molecule has 2 heterocycles. The fourth-order valence-corrected chi connectivity index (χ4v) is 1.59. The first-order chi connectivity index (χ1) is 8.29. The predicted molar refractivity (Wildman–Crippen MR) is 58.8 cm³/mol. The molecule has 1 fully saturated rings. The molecule has 3 rings (SSSR count). The Bertz CT molecular complexity index is 516. The largest absolute Gasteiger partial charge is 0.335 e. The van der Waals surface area contributed by atoms with E-state index < -0.39 is 0 Å². The summed E-state index contributed by atoms with van der Waals surface area (Å²) in [6, 6.07) is 0.420. The Morgan fingerprint density at radius 3 is 3.06 bits per heavy atom. The normalized spacial score (nSPS) is 15.2. The molecule has 2 aromatic heterocycles. The van der Waals surface area contributed by atoms with Crippen LogP contribution in [0, 0.1) is 0 Å². The van der Waals surface area contributed by atoms with Crippen molar-refractivity contribution in [2.45, 2.75) is 18.8 Å². The van der Waals surface area contributed by atoms with Crippen molar-refractivity contribution in [1.29, 1.82) is 0 Å². The minimum atomic E-state index is 0.420. The fraction of sp³-hybridized carbons (Fsp3) is 0.500. The van der Waals surface area contributed by atoms with E-state index in [0.717, 1.165) is 24.5 Å². The lowest BCUT2D eigenvalue weighted by Crippen LogP contribution is -2.18. The van der Waals surface area contributed by atoms with Gasteiger partial charge in [0.2, 0.25) is 0 Å². The van der Waals surface area contributed by atoms with Crippen LogP contribution in [0.5, 0.6) is 0 Å². The van der Waals surface area contributed by atoms with Gasteiger partial charge >= 0.3 is 6.01 Å². The quantitative estimate of drug-likeness (QED) is 0.740. The first-order valence-corrected chi connectivity index (χ1v) is 5.43. The molecule has 7 heteroatoms. The molecule has 7 nitrogen and oxygen atoms in total. The molecule has 1 aliphatic carbocycles. The lowest BCUT2D eigenvalue weighted by atomic mass is 10.4. The summed E-state index contributed by atoms with van der Waals surface area (Å²) in [7, 11) is 3.37. The van der Waals surface area contributed by atoms with Gasteiger partial charge < -0.3 is 4.52 Å². The van der Waals surface area contributed by atoms with Crippen molar-refractivity contribution in [3.63, 3.8) is 0 Å². The van der Waals surface area contributed by atoms with E-state index >= 15 is 0 Å². The highest BCUT2D eigenvalue weighted by molar-refractivity contribution is 5.38. The van der Waals surface area contributed by atoms with Crippen LogP contribution in [0.1, 0.15) is 24.6 Å². The SMILES string of the molecule is CON(C)c1cncn1-c1nc(C2CC2)no1. The molecule has 2 aromatic rings. The Kier molecular flexibility index (Phi) is 2.32. The summed E-state index contributed by atoms with van der Waals surface area (Å²) >= 11 is 0. The van der Waals surface area contributed by atoms with Crippen LogP contribution in [0.4, 0.5) is 5.82 Å². The number of rotatable bonds is 4. The van der Waals surface area contributed by atoms with Crippen molar-refractivity contribution in [3.05, 3.63) is 18.3 Å². The average Bonchev–Trinajstić information content (AvgIpc) is 2.91. The zero-order valence-corrected chi connectivity index (χ0v) is 9.70. The maximum absolute atomic E-state index is 5.23. The van der Waals surface area contributed by atoms with Gasteiger partial charge in [0.15, 0.2) is 11.6 Å². The third-order valence-electron chi connectivity index (χ3n) is 2.80. The van der Waals surface area contributed by atoms with Crippen LogP contribution in [-0.2, 0) is 4.84 Å². The van der Waals surface area contributed by atoms with E-state index in [-0.39, 0.29) is 0 Å². The predicted octanol–water partition coefficient (Wildman–Crippen LogP) is 1.13. The summed E-state index contributed by atoms with van der Waals surface area (Å²) in [6.45, 7) is 0. The maximum atomic E-state index is 5.23. The van der Waals surface area contributed by atoms with Gasteiger partial charge in [-0.1, -0.05) is 5.16 Å². The first kappa shape index (κ1) is 10.3. The number of hydrogen-bond donors (Lipinski definition) is 0. The van der Waals surface area contributed by atoms with Crippen LogP contribution >= 0.6 is 0 Å². The Morgan fingerprint density at radius 2 is 2.35 bits per heavy atom. The molecule has 0 atom stereocenters. The number of aromatic nitrogens is 4. The van der Waals surface area contributed by atoms with Gasteiger partial charge in [0.05, 0.1) is 13.3 Å². The monoisotopic (exact) mass is 235 g/mol. The van der Waals surface area contributed by atoms with E-state index in [0.29, 0.717) is 11.9 Å². The zero-order valence-electron chi connectivity index (χ0n) is 9.70. The molecule has 0 N–H and O–H groups in total. The second-order valence-corrected chi connectivity index (χ2v) is 4.01. The number of hydroxylamine groups is 1. The second kappa shape index (κ2) is 3.85. The van der Waals surface area contributed by atoms with Crippen LogP contribution < -0.4 is 5.06 Å². The van der Waals surface area contributed by atoms with Gasteiger partial charge in [-0.25, -0.2) is 14.6 Å². The van der Waals surface area contributed by atoms with Crippen molar-refractivity contribution < 1.29 is 9.36 Å². The fourth-order valence-electron chi connectivity index (χ4n) is 1.59. The van der Waals surface area contributed by atoms with Gasteiger partial charge in [-0.3, -0.25) is 4.84 Å². The average molecular weight is 235 g/mol. The maximum Gasteiger partial charge on any atom is 0.335 e. The van der Waals surface area contributed by atoms with Crippen LogP contribution in [0.3, 0.4) is 0 Å². The molecular formula is C10H13N5O2. The number of anilines is 1. The molecule has 0 spiro atoms. The highest BCUT2D eigenvalue weighted by Crippen LogP contribution is 2.38. The number of hydrogen-bond acceptors (Lipinski definition) is 6. The summed E-state index contributed by atoms with van der Waals surface area (Å²) in [5.74, 6) is 1.98. The topological polar surface area (TPSA) is 69.2 Å². The molecule has 0 bridgehead atoms. The van der Waals surface area contributed by atoms with E-state index in [1.54, 1.807) is 36.3 Å². The standard InChI is InChI=1S/C10H13N5O2/c1-14(16-2)8-5-11-6-15(8)10-12-9(13-17-10)7-3-4-7/h5-7H,3-4H2,1-2H3. The summed E-state index contributed by atoms with van der Waals surface area (Å²) in [6.07, 6.45) is 5.58. The summed E-state index contributed by atoms with van der Waals surface area (Å²) in [4.78, 5) is 13.5. The molecule has 90 valence electrons. The zero-order chi connectivity index (χ0) is 11.8. The van der Waals surface area contributed by atoms with Crippen molar-refractivity contribution in [3.8, 4) is 6.01 Å². The van der Waals surface area contributed by atoms with Crippen molar-refractivity contribution in [2.24, 2.45) is 0 Å². The van der Waals surface area contributed by atoms with E-state index in [9.17, 15) is 0 Å². The molecule has 0 saturated heterocycles. The van der Waals surface area contributed by atoms with Gasteiger partial charge in [-0.15, -0.1) is 0 Å². The lowest BCUT2D eigenvalue weighted by Gasteiger charge is -2.14. The van der Waals surface area contributed by atoms with Crippen LogP contribution in [0.25, 0.3) is 6.01 Å². The smallest absolute Gasteiger partial charge is 0.314 e. The third-order valence-corrected chi connectivity index (χ3v) is 2.80. The lowest BCUT2D eigenvalue weighted by molar-refractivity contribution is 0.180. The molecule has 0 amide bonds. The molecule has 0 aromatic carbocycles. The Labute approximate surface area is 98.0 Å². The number of nitrogens with zero attached hydrogens (tertiary/aromatic N) is 5. The van der Waals surface area contributed by atoms with Gasteiger partial charge in [0.25, 0.3) is 0 Å². The van der Waals surface area contributed by atoms with Gasteiger partial charge in [0, 0.05) is 13.0 Å². The molecule has 0 aliphatic heterocycles. The van der Waals surface area contributed by atoms with E-state index in [1.165, 1.54) is 0 Å². The summed E-state index contributed by atoms with van der Waals surface area (Å²) < 4.78 is 6.92. The van der Waals surface area contributed by atoms with Crippen molar-refractivity contribution in [1.82, 2.24) is 19.7 Å². The number of imidazole rings is 1. The first-order valence-electron chi connectivity index (χ1n) is 5.43. The molecule has 17 heavy (non-hydrogen) atoms. The minimum Gasteiger partial charge on any atom is -0.314 e. The highest BCUT2D eigenvalue weighted by Gasteiger charge is 2.29. The van der Waals surface area contributed by atoms with Crippen LogP contribution in [0.15, 0.2) is 17.0 Å². The summed E-state index contributed by atoms with van der Waals surface area (Å²) in [5, 5.41) is 5.54. The van der Waals surface area contributed by atoms with Gasteiger partial charge in [-0.05, 0) is 12.8 Å². The molecule has 1 aliphatic rings. The van der Waals surface area contributed by atoms with Crippen LogP contribution in [-0.4, -0.2) is 33.8 Å². The van der Waals surface area contributed by atoms with E-state index in [2.05, 4.69) is 15.1 Å². The Balaban J connectivity index is 1.93. The molecule has 0 radical (unpaired) electrons. The summed E-state index contributed by atoms with van der Waals surface area (Å²) in [5.41, 5.74) is 0. The minimum absolute atomic E-state index is 0.420. The van der Waals surface area contributed by atoms with E-state index in [1.807, 2.05) is 0 Å². The third kappa shape index (κ3) is 1.78. The Hall–Kier alpha value is -1.89. The van der Waals surface area contributed by atoms with Crippen molar-refractivity contribution in [2.75, 3.05) is 19.2 Å². The molecular weight excluding hydrogens is 222 g/mol.